The average molecular weight is 384 g/mol. The molecule has 1 saturated heterocycles. The number of likely N-dealkylation sites (tertiary alicyclic amines) is 1. The second-order valence-corrected chi connectivity index (χ2v) is 7.99. The highest BCUT2D eigenvalue weighted by molar-refractivity contribution is 6.32. The van der Waals surface area contributed by atoms with Gasteiger partial charge in [-0.15, -0.1) is 0 Å². The van der Waals surface area contributed by atoms with Gasteiger partial charge in [0, 0.05) is 19.0 Å². The topological polar surface area (TPSA) is 76.1 Å². The molecular weight excluding hydrogens is 358 g/mol. The summed E-state index contributed by atoms with van der Waals surface area (Å²) in [7, 11) is 0. The average Bonchev–Trinajstić information content (AvgIpc) is 2.52. The minimum atomic E-state index is -0.904. The van der Waals surface area contributed by atoms with Crippen LogP contribution in [-0.4, -0.2) is 47.4 Å². The van der Waals surface area contributed by atoms with E-state index in [-0.39, 0.29) is 18.4 Å². The first-order valence-corrected chi connectivity index (χ1v) is 9.13. The molecule has 0 aromatic heterocycles. The number of rotatable bonds is 5. The van der Waals surface area contributed by atoms with E-state index in [9.17, 15) is 9.59 Å². The van der Waals surface area contributed by atoms with Crippen LogP contribution < -0.4 is 4.74 Å². The van der Waals surface area contributed by atoms with Crippen molar-refractivity contribution in [1.82, 2.24) is 4.90 Å². The number of hydrogen-bond donors (Lipinski definition) is 1. The minimum absolute atomic E-state index is 0.0759. The summed E-state index contributed by atoms with van der Waals surface area (Å²) in [5.74, 6) is -0.180. The predicted molar refractivity (Wildman–Crippen MR) is 98.8 cm³/mol. The van der Waals surface area contributed by atoms with Crippen LogP contribution in [0.5, 0.6) is 5.75 Å². The number of carbonyl (C=O) groups excluding carboxylic acids is 1. The first kappa shape index (κ1) is 20.4. The van der Waals surface area contributed by atoms with E-state index in [1.54, 1.807) is 23.1 Å². The number of nitrogens with zero attached hydrogens (tertiary/aromatic N) is 1. The van der Waals surface area contributed by atoms with Crippen LogP contribution in [0.25, 0.3) is 0 Å². The van der Waals surface area contributed by atoms with Crippen molar-refractivity contribution in [2.24, 2.45) is 5.92 Å². The fraction of sp³-hybridized carbons (Fsp3) is 0.579. The predicted octanol–water partition coefficient (Wildman–Crippen LogP) is 3.99. The zero-order chi connectivity index (χ0) is 19.3. The van der Waals surface area contributed by atoms with Gasteiger partial charge in [-0.25, -0.2) is 4.79 Å². The highest BCUT2D eigenvalue weighted by Gasteiger charge is 2.28. The Morgan fingerprint density at radius 3 is 2.69 bits per heavy atom. The number of halogens is 1. The van der Waals surface area contributed by atoms with Crippen molar-refractivity contribution >= 4 is 23.7 Å². The minimum Gasteiger partial charge on any atom is -0.492 e. The lowest BCUT2D eigenvalue weighted by Gasteiger charge is -2.34. The highest BCUT2D eigenvalue weighted by Crippen LogP contribution is 2.27. The molecule has 1 aliphatic rings. The molecule has 0 aliphatic carbocycles. The summed E-state index contributed by atoms with van der Waals surface area (Å²) in [6.07, 6.45) is 1.50. The molecule has 1 aromatic rings. The Morgan fingerprint density at radius 1 is 1.35 bits per heavy atom. The molecule has 144 valence electrons. The molecule has 2 rings (SSSR count). The van der Waals surface area contributed by atoms with Crippen molar-refractivity contribution in [2.45, 2.75) is 45.6 Å². The molecule has 0 spiro atoms. The van der Waals surface area contributed by atoms with Gasteiger partial charge >= 0.3 is 12.1 Å². The highest BCUT2D eigenvalue weighted by atomic mass is 35.5. The van der Waals surface area contributed by atoms with Crippen LogP contribution in [0.4, 0.5) is 4.79 Å². The first-order chi connectivity index (χ1) is 12.1. The van der Waals surface area contributed by atoms with Crippen LogP contribution in [0.1, 0.15) is 39.2 Å². The third kappa shape index (κ3) is 6.41. The standard InChI is InChI=1S/C19H26ClNO5/c1-19(2,3)26-18(24)21-8-4-5-14(11-21)12-25-16-7-6-13(9-15(16)20)10-17(22)23/h6-7,9,14H,4-5,8,10-12H2,1-3H3,(H,22,23). The van der Waals surface area contributed by atoms with Gasteiger partial charge in [0.15, 0.2) is 0 Å². The maximum atomic E-state index is 12.2. The normalized spacial score (nSPS) is 17.7. The quantitative estimate of drug-likeness (QED) is 0.831. The van der Waals surface area contributed by atoms with Gasteiger partial charge < -0.3 is 19.5 Å². The number of aliphatic carboxylic acids is 1. The third-order valence-electron chi connectivity index (χ3n) is 4.00. The van der Waals surface area contributed by atoms with Crippen molar-refractivity contribution in [1.29, 1.82) is 0 Å². The molecule has 1 aromatic carbocycles. The number of carboxylic acids is 1. The lowest BCUT2D eigenvalue weighted by atomic mass is 9.99. The van der Waals surface area contributed by atoms with E-state index in [1.807, 2.05) is 20.8 Å². The zero-order valence-electron chi connectivity index (χ0n) is 15.5. The fourth-order valence-electron chi connectivity index (χ4n) is 2.85. The van der Waals surface area contributed by atoms with Crippen LogP contribution in [-0.2, 0) is 16.0 Å². The number of piperidine rings is 1. The van der Waals surface area contributed by atoms with E-state index < -0.39 is 11.6 Å². The van der Waals surface area contributed by atoms with Crippen molar-refractivity contribution in [3.8, 4) is 5.75 Å². The van der Waals surface area contributed by atoms with Crippen LogP contribution >= 0.6 is 11.6 Å². The smallest absolute Gasteiger partial charge is 0.410 e. The Labute approximate surface area is 159 Å². The van der Waals surface area contributed by atoms with Gasteiger partial charge in [0.05, 0.1) is 18.1 Å². The molecule has 7 heteroatoms. The fourth-order valence-corrected chi connectivity index (χ4v) is 3.10. The SMILES string of the molecule is CC(C)(C)OC(=O)N1CCCC(COc2ccc(CC(=O)O)cc2Cl)C1. The Hall–Kier alpha value is -1.95. The van der Waals surface area contributed by atoms with Crippen LogP contribution in [0.2, 0.25) is 5.02 Å². The van der Waals surface area contributed by atoms with Crippen molar-refractivity contribution in [3.05, 3.63) is 28.8 Å². The van der Waals surface area contributed by atoms with Crippen LogP contribution in [0.15, 0.2) is 18.2 Å². The summed E-state index contributed by atoms with van der Waals surface area (Å²) in [5, 5.41) is 9.22. The van der Waals surface area contributed by atoms with Gasteiger partial charge in [0.25, 0.3) is 0 Å². The van der Waals surface area contributed by atoms with Gasteiger partial charge in [-0.05, 0) is 51.3 Å². The molecule has 26 heavy (non-hydrogen) atoms. The van der Waals surface area contributed by atoms with E-state index >= 15 is 0 Å². The Kier molecular flexibility index (Phi) is 6.75. The molecule has 1 N–H and O–H groups in total. The lowest BCUT2D eigenvalue weighted by Crippen LogP contribution is -2.44. The molecular formula is C19H26ClNO5. The molecule has 1 unspecified atom stereocenters. The lowest BCUT2D eigenvalue weighted by molar-refractivity contribution is -0.136. The van der Waals surface area contributed by atoms with E-state index in [0.717, 1.165) is 12.8 Å². The molecule has 1 aliphatic heterocycles. The second-order valence-electron chi connectivity index (χ2n) is 7.58. The van der Waals surface area contributed by atoms with E-state index in [2.05, 4.69) is 0 Å². The van der Waals surface area contributed by atoms with Gasteiger partial charge in [-0.3, -0.25) is 4.79 Å². The monoisotopic (exact) mass is 383 g/mol. The third-order valence-corrected chi connectivity index (χ3v) is 4.29. The van der Waals surface area contributed by atoms with Gasteiger partial charge in [0.2, 0.25) is 0 Å². The number of ether oxygens (including phenoxy) is 2. The van der Waals surface area contributed by atoms with Gasteiger partial charge in [-0.2, -0.15) is 0 Å². The Bertz CT molecular complexity index is 656. The molecule has 0 saturated carbocycles. The van der Waals surface area contributed by atoms with Gasteiger partial charge in [-0.1, -0.05) is 17.7 Å². The summed E-state index contributed by atoms with van der Waals surface area (Å²) in [5.41, 5.74) is 0.120. The van der Waals surface area contributed by atoms with E-state index in [0.29, 0.717) is 36.0 Å². The summed E-state index contributed by atoms with van der Waals surface area (Å²) >= 11 is 6.18. The number of amides is 1. The Balaban J connectivity index is 1.89. The summed E-state index contributed by atoms with van der Waals surface area (Å²) < 4.78 is 11.2. The molecule has 1 heterocycles. The molecule has 0 bridgehead atoms. The molecule has 1 fully saturated rings. The van der Waals surface area contributed by atoms with Crippen molar-refractivity contribution < 1.29 is 24.2 Å². The molecule has 0 radical (unpaired) electrons. The van der Waals surface area contributed by atoms with Crippen molar-refractivity contribution in [2.75, 3.05) is 19.7 Å². The number of carboxylic acid groups (broad SMARTS) is 1. The number of benzene rings is 1. The number of carbonyl (C=O) groups is 2. The Morgan fingerprint density at radius 2 is 2.08 bits per heavy atom. The summed E-state index contributed by atoms with van der Waals surface area (Å²) in [6, 6.07) is 5.00. The summed E-state index contributed by atoms with van der Waals surface area (Å²) in [6.45, 7) is 7.28. The maximum Gasteiger partial charge on any atom is 0.410 e. The van der Waals surface area contributed by atoms with Crippen LogP contribution in [0, 0.1) is 5.92 Å². The van der Waals surface area contributed by atoms with Gasteiger partial charge in [0.1, 0.15) is 11.4 Å². The molecule has 1 amide bonds. The summed E-state index contributed by atoms with van der Waals surface area (Å²) in [4.78, 5) is 24.7. The van der Waals surface area contributed by atoms with E-state index in [4.69, 9.17) is 26.2 Å². The molecule has 1 atom stereocenters. The number of hydrogen-bond acceptors (Lipinski definition) is 4. The van der Waals surface area contributed by atoms with Crippen molar-refractivity contribution in [3.63, 3.8) is 0 Å². The van der Waals surface area contributed by atoms with Crippen LogP contribution in [0.3, 0.4) is 0 Å². The zero-order valence-corrected chi connectivity index (χ0v) is 16.2. The largest absolute Gasteiger partial charge is 0.492 e. The molecule has 6 nitrogen and oxygen atoms in total. The second kappa shape index (κ2) is 8.62. The maximum absolute atomic E-state index is 12.2. The first-order valence-electron chi connectivity index (χ1n) is 8.75. The van der Waals surface area contributed by atoms with E-state index in [1.165, 1.54) is 0 Å².